The summed E-state index contributed by atoms with van der Waals surface area (Å²) >= 11 is -2.21. The molecule has 2 heteroatoms. The van der Waals surface area contributed by atoms with Crippen LogP contribution in [0.15, 0.2) is 0 Å². The normalized spacial score (nSPS) is 12.0. The Morgan fingerprint density at radius 1 is 0.524 bits per heavy atom. The van der Waals surface area contributed by atoms with E-state index in [-0.39, 0.29) is 0 Å². The predicted octanol–water partition coefficient (Wildman–Crippen LogP) is 7.32. The zero-order chi connectivity index (χ0) is 15.8. The van der Waals surface area contributed by atoms with Gasteiger partial charge in [-0.3, -0.25) is 0 Å². The van der Waals surface area contributed by atoms with E-state index in [1.807, 2.05) is 0 Å². The van der Waals surface area contributed by atoms with Gasteiger partial charge in [-0.05, 0) is 0 Å². The Hall–Kier alpha value is 0.759. The van der Waals surface area contributed by atoms with Gasteiger partial charge < -0.3 is 0 Å². The first-order valence-electron chi connectivity index (χ1n) is 9.88. The van der Waals surface area contributed by atoms with Crippen LogP contribution in [0.1, 0.15) is 98.3 Å². The van der Waals surface area contributed by atoms with Gasteiger partial charge in [-0.1, -0.05) is 0 Å². The van der Waals surface area contributed by atoms with Gasteiger partial charge in [0.05, 0.1) is 0 Å². The molecule has 0 aromatic carbocycles. The summed E-state index contributed by atoms with van der Waals surface area (Å²) < 4.78 is 11.0. The van der Waals surface area contributed by atoms with Crippen LogP contribution in [0, 0.1) is 0 Å². The number of hydrogen-bond acceptors (Lipinski definition) is 1. The van der Waals surface area contributed by atoms with Crippen molar-refractivity contribution < 1.29 is 3.07 Å². The quantitative estimate of drug-likeness (QED) is 0.193. The topological polar surface area (TPSA) is 9.23 Å². The number of unbranched alkanes of at least 4 members (excludes halogenated alkanes) is 7. The molecule has 0 N–H and O–H groups in total. The van der Waals surface area contributed by atoms with E-state index in [2.05, 4.69) is 27.7 Å². The van der Waals surface area contributed by atoms with Gasteiger partial charge in [0.15, 0.2) is 0 Å². The minimum absolute atomic E-state index is 1.08. The molecule has 0 aliphatic rings. The van der Waals surface area contributed by atoms with Crippen molar-refractivity contribution in [2.24, 2.45) is 0 Å². The second-order valence-corrected chi connectivity index (χ2v) is 18.6. The van der Waals surface area contributed by atoms with Crippen molar-refractivity contribution in [3.63, 3.8) is 0 Å². The zero-order valence-electron chi connectivity index (χ0n) is 15.5. The zero-order valence-corrected chi connectivity index (χ0v) is 18.4. The molecule has 0 heterocycles. The number of hydrogen-bond donors (Lipinski definition) is 0. The van der Waals surface area contributed by atoms with Crippen LogP contribution in [-0.4, -0.2) is 25.4 Å². The summed E-state index contributed by atoms with van der Waals surface area (Å²) in [6, 6.07) is 0. The summed E-state index contributed by atoms with van der Waals surface area (Å²) in [6.07, 6.45) is 15.2. The van der Waals surface area contributed by atoms with Crippen molar-refractivity contribution in [1.29, 1.82) is 0 Å². The van der Waals surface area contributed by atoms with Crippen LogP contribution in [0.4, 0.5) is 0 Å². The van der Waals surface area contributed by atoms with Gasteiger partial charge in [-0.15, -0.1) is 0 Å². The van der Waals surface area contributed by atoms with Gasteiger partial charge in [0.25, 0.3) is 0 Å². The van der Waals surface area contributed by atoms with Gasteiger partial charge >= 0.3 is 140 Å². The monoisotopic (exact) mass is 406 g/mol. The van der Waals surface area contributed by atoms with E-state index in [1.54, 1.807) is 0 Å². The van der Waals surface area contributed by atoms with E-state index >= 15 is 0 Å². The third-order valence-corrected chi connectivity index (χ3v) is 18.5. The first-order valence-corrected chi connectivity index (χ1v) is 17.1. The van der Waals surface area contributed by atoms with E-state index in [0.29, 0.717) is 0 Å². The summed E-state index contributed by atoms with van der Waals surface area (Å²) in [5, 5.41) is 0. The molecule has 0 bridgehead atoms. The van der Waals surface area contributed by atoms with Crippen molar-refractivity contribution in [3.8, 4) is 0 Å². The molecule has 0 unspecified atom stereocenters. The van der Waals surface area contributed by atoms with Gasteiger partial charge in [-0.2, -0.15) is 0 Å². The molecule has 0 rings (SSSR count). The molecule has 0 saturated carbocycles. The van der Waals surface area contributed by atoms with Crippen molar-refractivity contribution in [3.05, 3.63) is 0 Å². The molecule has 0 aromatic heterocycles. The van der Waals surface area contributed by atoms with E-state index in [1.165, 1.54) is 83.9 Å². The van der Waals surface area contributed by atoms with Gasteiger partial charge in [0.1, 0.15) is 0 Å². The molecule has 0 aliphatic carbocycles. The van der Waals surface area contributed by atoms with Crippen molar-refractivity contribution in [2.75, 3.05) is 6.61 Å². The summed E-state index contributed by atoms with van der Waals surface area (Å²) in [5.74, 6) is 0. The first kappa shape index (κ1) is 21.8. The summed E-state index contributed by atoms with van der Waals surface area (Å²) in [7, 11) is 0. The molecule has 0 spiro atoms. The molecule has 0 fully saturated rings. The first-order chi connectivity index (χ1) is 10.2. The number of rotatable bonds is 16. The molecular formula is C19H42OSn. The Balaban J connectivity index is 3.92. The molecule has 0 radical (unpaired) electrons. The Morgan fingerprint density at radius 2 is 1.05 bits per heavy atom. The molecule has 0 atom stereocenters. The molecular weight excluding hydrogens is 363 g/mol. The van der Waals surface area contributed by atoms with Crippen molar-refractivity contribution >= 4 is 18.8 Å². The van der Waals surface area contributed by atoms with Crippen LogP contribution in [0.25, 0.3) is 0 Å². The molecule has 128 valence electrons. The fourth-order valence-electron chi connectivity index (χ4n) is 3.35. The maximum atomic E-state index is 6.65. The van der Waals surface area contributed by atoms with Crippen molar-refractivity contribution in [1.82, 2.24) is 0 Å². The average Bonchev–Trinajstić information content (AvgIpc) is 2.48. The van der Waals surface area contributed by atoms with Gasteiger partial charge in [0, 0.05) is 0 Å². The minimum atomic E-state index is -2.21. The Kier molecular flexibility index (Phi) is 16.2. The molecule has 0 aromatic rings. The van der Waals surface area contributed by atoms with Crippen LogP contribution in [-0.2, 0) is 3.07 Å². The van der Waals surface area contributed by atoms with Crippen LogP contribution in [0.2, 0.25) is 13.3 Å². The van der Waals surface area contributed by atoms with Crippen LogP contribution in [0.3, 0.4) is 0 Å². The predicted molar refractivity (Wildman–Crippen MR) is 99.6 cm³/mol. The molecule has 1 nitrogen and oxygen atoms in total. The Morgan fingerprint density at radius 3 is 1.57 bits per heavy atom. The SMILES string of the molecule is CCCCCCCCC[O][Sn]([CH2]CC)([CH2]CC)[CH2]CCC. The molecule has 0 amide bonds. The molecule has 0 saturated heterocycles. The fraction of sp³-hybridized carbons (Fsp3) is 1.00. The molecule has 21 heavy (non-hydrogen) atoms. The van der Waals surface area contributed by atoms with Crippen LogP contribution < -0.4 is 0 Å². The van der Waals surface area contributed by atoms with E-state index < -0.39 is 18.8 Å². The maximum absolute atomic E-state index is 6.65. The van der Waals surface area contributed by atoms with Gasteiger partial charge in [-0.25, -0.2) is 0 Å². The van der Waals surface area contributed by atoms with Crippen molar-refractivity contribution in [2.45, 2.75) is 112 Å². The van der Waals surface area contributed by atoms with E-state index in [9.17, 15) is 0 Å². The third-order valence-electron chi connectivity index (χ3n) is 4.55. The van der Waals surface area contributed by atoms with Gasteiger partial charge in [0.2, 0.25) is 0 Å². The summed E-state index contributed by atoms with van der Waals surface area (Å²) in [6.45, 7) is 10.4. The fourth-order valence-corrected chi connectivity index (χ4v) is 16.4. The summed E-state index contributed by atoms with van der Waals surface area (Å²) in [5.41, 5.74) is 0. The summed E-state index contributed by atoms with van der Waals surface area (Å²) in [4.78, 5) is 0. The molecule has 0 aliphatic heterocycles. The Labute approximate surface area is 140 Å². The van der Waals surface area contributed by atoms with Crippen LogP contribution in [0.5, 0.6) is 0 Å². The van der Waals surface area contributed by atoms with E-state index in [4.69, 9.17) is 3.07 Å². The second-order valence-electron chi connectivity index (χ2n) is 6.76. The van der Waals surface area contributed by atoms with Crippen LogP contribution >= 0.6 is 0 Å². The second kappa shape index (κ2) is 15.6. The third kappa shape index (κ3) is 11.9. The standard InChI is InChI=1S/C9H19O.C4H9.2C3H7.Sn/c1-2-3-4-5-6-7-8-9-10;1-3-4-2;2*1-3-2;/h2-9H2,1H3;1,3-4H2,2H3;2*1,3H2,2H3;/q-1;;;;+1. The van der Waals surface area contributed by atoms with E-state index in [0.717, 1.165) is 6.61 Å². The average molecular weight is 405 g/mol. The Bertz CT molecular complexity index is 200.